The molecule has 2 aromatic heterocycles. The number of hydrogen-bond acceptors (Lipinski definition) is 5. The van der Waals surface area contributed by atoms with Crippen LogP contribution in [0.25, 0.3) is 0 Å². The first-order chi connectivity index (χ1) is 8.84. The van der Waals surface area contributed by atoms with E-state index in [0.717, 1.165) is 25.1 Å². The predicted molar refractivity (Wildman–Crippen MR) is 66.2 cm³/mol. The molecule has 0 saturated carbocycles. The molecule has 0 radical (unpaired) electrons. The minimum atomic E-state index is -0.173. The van der Waals surface area contributed by atoms with Gasteiger partial charge in [0.1, 0.15) is 0 Å². The van der Waals surface area contributed by atoms with Gasteiger partial charge in [0, 0.05) is 25.1 Å². The number of rotatable bonds is 2. The normalized spacial score (nSPS) is 19.1. The molecule has 1 fully saturated rings. The summed E-state index contributed by atoms with van der Waals surface area (Å²) in [6.07, 6.45) is 8.46. The summed E-state index contributed by atoms with van der Waals surface area (Å²) < 4.78 is 0. The molecule has 3 heterocycles. The quantitative estimate of drug-likeness (QED) is 0.848. The van der Waals surface area contributed by atoms with Crippen LogP contribution < -0.4 is 10.5 Å². The van der Waals surface area contributed by atoms with Crippen LogP contribution in [0.2, 0.25) is 0 Å². The molecule has 92 valence electrons. The monoisotopic (exact) mass is 243 g/mol. The van der Waals surface area contributed by atoms with E-state index in [2.05, 4.69) is 24.8 Å². The van der Waals surface area contributed by atoms with Crippen LogP contribution in [0.5, 0.6) is 0 Å². The maximum absolute atomic E-state index is 11.3. The second kappa shape index (κ2) is 4.56. The SMILES string of the molecule is O=c1cncc(C2CCCN2c2ncccn2)[nH]1. The van der Waals surface area contributed by atoms with Crippen molar-refractivity contribution in [2.75, 3.05) is 11.4 Å². The van der Waals surface area contributed by atoms with E-state index in [0.29, 0.717) is 5.95 Å². The first kappa shape index (κ1) is 10.9. The van der Waals surface area contributed by atoms with Gasteiger partial charge >= 0.3 is 0 Å². The largest absolute Gasteiger partial charge is 0.332 e. The fourth-order valence-electron chi connectivity index (χ4n) is 2.33. The molecule has 6 nitrogen and oxygen atoms in total. The third-order valence-electron chi connectivity index (χ3n) is 3.09. The van der Waals surface area contributed by atoms with Crippen molar-refractivity contribution in [1.29, 1.82) is 0 Å². The number of hydrogen-bond donors (Lipinski definition) is 1. The Morgan fingerprint density at radius 2 is 2.11 bits per heavy atom. The maximum Gasteiger partial charge on any atom is 0.266 e. The van der Waals surface area contributed by atoms with Crippen LogP contribution >= 0.6 is 0 Å². The van der Waals surface area contributed by atoms with Gasteiger partial charge in [-0.05, 0) is 18.9 Å². The van der Waals surface area contributed by atoms with Crippen molar-refractivity contribution in [3.8, 4) is 0 Å². The third-order valence-corrected chi connectivity index (χ3v) is 3.09. The molecule has 0 aromatic carbocycles. The van der Waals surface area contributed by atoms with Gasteiger partial charge in [-0.2, -0.15) is 0 Å². The molecule has 1 N–H and O–H groups in total. The summed E-state index contributed by atoms with van der Waals surface area (Å²) in [6, 6.07) is 1.90. The van der Waals surface area contributed by atoms with E-state index < -0.39 is 0 Å². The molecule has 1 aliphatic rings. The van der Waals surface area contributed by atoms with Gasteiger partial charge in [0.05, 0.1) is 17.9 Å². The second-order valence-corrected chi connectivity index (χ2v) is 4.25. The first-order valence-corrected chi connectivity index (χ1v) is 5.92. The smallest absolute Gasteiger partial charge is 0.266 e. The summed E-state index contributed by atoms with van der Waals surface area (Å²) in [5.74, 6) is 0.699. The Bertz CT molecular complexity index is 582. The lowest BCUT2D eigenvalue weighted by Gasteiger charge is -2.23. The average molecular weight is 243 g/mol. The van der Waals surface area contributed by atoms with Gasteiger partial charge in [-0.25, -0.2) is 9.97 Å². The average Bonchev–Trinajstić information content (AvgIpc) is 2.89. The van der Waals surface area contributed by atoms with Crippen molar-refractivity contribution in [2.45, 2.75) is 18.9 Å². The second-order valence-electron chi connectivity index (χ2n) is 4.25. The Morgan fingerprint density at radius 1 is 1.28 bits per heavy atom. The number of nitrogens with zero attached hydrogens (tertiary/aromatic N) is 4. The van der Waals surface area contributed by atoms with E-state index in [1.807, 2.05) is 0 Å². The van der Waals surface area contributed by atoms with Gasteiger partial charge in [-0.3, -0.25) is 9.78 Å². The van der Waals surface area contributed by atoms with E-state index in [4.69, 9.17) is 0 Å². The zero-order valence-electron chi connectivity index (χ0n) is 9.78. The van der Waals surface area contributed by atoms with Crippen LogP contribution in [0.15, 0.2) is 35.6 Å². The highest BCUT2D eigenvalue weighted by Crippen LogP contribution is 2.32. The third kappa shape index (κ3) is 1.97. The molecule has 1 aliphatic heterocycles. The van der Waals surface area contributed by atoms with Crippen LogP contribution in [0.4, 0.5) is 5.95 Å². The highest BCUT2D eigenvalue weighted by Gasteiger charge is 2.28. The van der Waals surface area contributed by atoms with Gasteiger partial charge in [-0.15, -0.1) is 0 Å². The standard InChI is InChI=1S/C12H13N5O/c18-11-8-13-7-9(16-11)10-3-1-6-17(10)12-14-4-2-5-15-12/h2,4-5,7-8,10H,1,3,6H2,(H,16,18). The Balaban J connectivity index is 1.95. The topological polar surface area (TPSA) is 74.8 Å². The molecule has 2 aromatic rings. The maximum atomic E-state index is 11.3. The molecule has 0 spiro atoms. The van der Waals surface area contributed by atoms with Crippen LogP contribution in [0, 0.1) is 0 Å². The van der Waals surface area contributed by atoms with Crippen molar-refractivity contribution in [2.24, 2.45) is 0 Å². The molecule has 18 heavy (non-hydrogen) atoms. The minimum Gasteiger partial charge on any atom is -0.332 e. The van der Waals surface area contributed by atoms with Gasteiger partial charge in [-0.1, -0.05) is 0 Å². The summed E-state index contributed by atoms with van der Waals surface area (Å²) in [5.41, 5.74) is 0.654. The highest BCUT2D eigenvalue weighted by atomic mass is 16.1. The summed E-state index contributed by atoms with van der Waals surface area (Å²) >= 11 is 0. The molecular formula is C12H13N5O. The van der Waals surface area contributed by atoms with Gasteiger partial charge in [0.25, 0.3) is 5.56 Å². The fraction of sp³-hybridized carbons (Fsp3) is 0.333. The van der Waals surface area contributed by atoms with Crippen LogP contribution in [0.3, 0.4) is 0 Å². The van der Waals surface area contributed by atoms with E-state index in [9.17, 15) is 4.79 Å². The van der Waals surface area contributed by atoms with Crippen molar-refractivity contribution in [3.05, 3.63) is 46.9 Å². The Kier molecular flexibility index (Phi) is 2.76. The molecular weight excluding hydrogens is 230 g/mol. The van der Waals surface area contributed by atoms with Crippen LogP contribution in [-0.2, 0) is 0 Å². The fourth-order valence-corrected chi connectivity index (χ4v) is 2.33. The minimum absolute atomic E-state index is 0.105. The molecule has 1 saturated heterocycles. The Labute approximate surface area is 104 Å². The van der Waals surface area contributed by atoms with Crippen molar-refractivity contribution < 1.29 is 0 Å². The van der Waals surface area contributed by atoms with Gasteiger partial charge in [0.15, 0.2) is 0 Å². The number of aromatic nitrogens is 4. The lowest BCUT2D eigenvalue weighted by atomic mass is 10.1. The molecule has 0 amide bonds. The van der Waals surface area contributed by atoms with Crippen LogP contribution in [-0.4, -0.2) is 26.5 Å². The summed E-state index contributed by atoms with van der Waals surface area (Å²) in [4.78, 5) is 28.7. The predicted octanol–water partition coefficient (Wildman–Crippen LogP) is 0.901. The molecule has 6 heteroatoms. The molecule has 3 rings (SSSR count). The summed E-state index contributed by atoms with van der Waals surface area (Å²) in [5, 5.41) is 0. The number of nitrogens with one attached hydrogen (secondary N) is 1. The molecule has 1 unspecified atom stereocenters. The van der Waals surface area contributed by atoms with Gasteiger partial charge in [0.2, 0.25) is 5.95 Å². The van der Waals surface area contributed by atoms with E-state index >= 15 is 0 Å². The van der Waals surface area contributed by atoms with Crippen molar-refractivity contribution >= 4 is 5.95 Å². The molecule has 0 bridgehead atoms. The molecule has 1 atom stereocenters. The molecule has 0 aliphatic carbocycles. The Hall–Kier alpha value is -2.24. The lowest BCUT2D eigenvalue weighted by molar-refractivity contribution is 0.671. The Morgan fingerprint density at radius 3 is 2.89 bits per heavy atom. The number of H-pyrrole nitrogens is 1. The zero-order valence-corrected chi connectivity index (χ0v) is 9.78. The summed E-state index contributed by atoms with van der Waals surface area (Å²) in [7, 11) is 0. The highest BCUT2D eigenvalue weighted by molar-refractivity contribution is 5.35. The number of aromatic amines is 1. The van der Waals surface area contributed by atoms with Gasteiger partial charge < -0.3 is 9.88 Å². The van der Waals surface area contributed by atoms with Crippen molar-refractivity contribution in [1.82, 2.24) is 19.9 Å². The van der Waals surface area contributed by atoms with Crippen LogP contribution in [0.1, 0.15) is 24.6 Å². The lowest BCUT2D eigenvalue weighted by Crippen LogP contribution is -2.26. The van der Waals surface area contributed by atoms with E-state index in [1.165, 1.54) is 6.20 Å². The summed E-state index contributed by atoms with van der Waals surface area (Å²) in [6.45, 7) is 0.894. The van der Waals surface area contributed by atoms with Crippen molar-refractivity contribution in [3.63, 3.8) is 0 Å². The van der Waals surface area contributed by atoms with E-state index in [-0.39, 0.29) is 11.6 Å². The number of anilines is 1. The first-order valence-electron chi connectivity index (χ1n) is 5.92. The zero-order chi connectivity index (χ0) is 12.4. The van der Waals surface area contributed by atoms with E-state index in [1.54, 1.807) is 24.7 Å².